The van der Waals surface area contributed by atoms with Crippen LogP contribution in [0.1, 0.15) is 15.9 Å². The summed E-state index contributed by atoms with van der Waals surface area (Å²) in [6, 6.07) is 8.39. The highest BCUT2D eigenvalue weighted by atomic mass is 19.1. The van der Waals surface area contributed by atoms with Gasteiger partial charge in [0.2, 0.25) is 0 Å². The van der Waals surface area contributed by atoms with Crippen LogP contribution in [0.3, 0.4) is 0 Å². The molecule has 1 amide bonds. The zero-order chi connectivity index (χ0) is 15.4. The smallest absolute Gasteiger partial charge is 0.269 e. The van der Waals surface area contributed by atoms with Crippen molar-refractivity contribution in [3.8, 4) is 11.5 Å². The summed E-state index contributed by atoms with van der Waals surface area (Å²) in [5, 5.41) is 9.73. The Balaban J connectivity index is 2.07. The molecular weight excluding hydrogens is 275 g/mol. The maximum atomic E-state index is 12.8. The minimum atomic E-state index is -0.404. The van der Waals surface area contributed by atoms with Gasteiger partial charge in [0.25, 0.3) is 5.91 Å². The lowest BCUT2D eigenvalue weighted by atomic mass is 10.2. The number of ether oxygens (including phenoxy) is 1. The van der Waals surface area contributed by atoms with E-state index in [2.05, 4.69) is 10.9 Å². The van der Waals surface area contributed by atoms with Gasteiger partial charge in [0.15, 0.2) is 11.5 Å². The highest BCUT2D eigenvalue weighted by molar-refractivity contribution is 5.94. The van der Waals surface area contributed by atoms with Gasteiger partial charge in [-0.2, -0.15) is 0 Å². The van der Waals surface area contributed by atoms with Crippen LogP contribution in [-0.4, -0.2) is 18.1 Å². The summed E-state index contributed by atoms with van der Waals surface area (Å²) in [5.74, 6) is -0.459. The lowest BCUT2D eigenvalue weighted by Crippen LogP contribution is -2.29. The Labute approximate surface area is 121 Å². The number of hydrogen-bond donors (Lipinski definition) is 3. The maximum Gasteiger partial charge on any atom is 0.269 e. The van der Waals surface area contributed by atoms with E-state index in [1.807, 2.05) is 0 Å². The van der Waals surface area contributed by atoms with Crippen LogP contribution in [-0.2, 0) is 0 Å². The molecule has 0 aliphatic carbocycles. The van der Waals surface area contributed by atoms with Gasteiger partial charge >= 0.3 is 0 Å². The lowest BCUT2D eigenvalue weighted by Gasteiger charge is -2.12. The molecular formula is C15H15FN2O3. The molecule has 5 nitrogen and oxygen atoms in total. The van der Waals surface area contributed by atoms with E-state index in [4.69, 9.17) is 4.74 Å². The number of hydrazine groups is 1. The first-order valence-corrected chi connectivity index (χ1v) is 6.21. The highest BCUT2D eigenvalue weighted by Crippen LogP contribution is 2.32. The first-order chi connectivity index (χ1) is 10.0. The number of phenolic OH excluding ortho intramolecular Hbond substituents is 1. The van der Waals surface area contributed by atoms with E-state index in [-0.39, 0.29) is 5.75 Å². The van der Waals surface area contributed by atoms with Crippen LogP contribution in [0.4, 0.5) is 10.1 Å². The number of aromatic hydroxyl groups is 1. The molecule has 2 rings (SSSR count). The van der Waals surface area contributed by atoms with Crippen molar-refractivity contribution in [1.82, 2.24) is 5.43 Å². The second-order valence-corrected chi connectivity index (χ2v) is 4.43. The average Bonchev–Trinajstić information content (AvgIpc) is 2.48. The molecule has 0 spiro atoms. The Hall–Kier alpha value is -2.76. The number of benzene rings is 2. The summed E-state index contributed by atoms with van der Waals surface area (Å²) < 4.78 is 17.8. The molecule has 0 aliphatic rings. The number of carbonyl (C=O) groups excluding carboxylic acids is 1. The van der Waals surface area contributed by atoms with Crippen molar-refractivity contribution >= 4 is 11.6 Å². The average molecular weight is 290 g/mol. The van der Waals surface area contributed by atoms with Crippen LogP contribution in [0.2, 0.25) is 0 Å². The zero-order valence-corrected chi connectivity index (χ0v) is 11.6. The summed E-state index contributed by atoms with van der Waals surface area (Å²) in [5.41, 5.74) is 6.68. The van der Waals surface area contributed by atoms with Gasteiger partial charge in [-0.1, -0.05) is 0 Å². The van der Waals surface area contributed by atoms with E-state index in [0.29, 0.717) is 22.6 Å². The first kappa shape index (κ1) is 14.6. The van der Waals surface area contributed by atoms with Gasteiger partial charge in [-0.3, -0.25) is 15.6 Å². The van der Waals surface area contributed by atoms with Crippen LogP contribution in [0.5, 0.6) is 11.5 Å². The Morgan fingerprint density at radius 1 is 1.24 bits per heavy atom. The fourth-order valence-electron chi connectivity index (χ4n) is 1.78. The Morgan fingerprint density at radius 2 is 1.90 bits per heavy atom. The molecule has 0 radical (unpaired) electrons. The third-order valence-electron chi connectivity index (χ3n) is 2.91. The van der Waals surface area contributed by atoms with Crippen LogP contribution in [0, 0.1) is 12.7 Å². The van der Waals surface area contributed by atoms with Crippen LogP contribution < -0.4 is 15.6 Å². The number of carbonyl (C=O) groups is 1. The Kier molecular flexibility index (Phi) is 4.27. The van der Waals surface area contributed by atoms with Crippen molar-refractivity contribution in [2.24, 2.45) is 0 Å². The monoisotopic (exact) mass is 290 g/mol. The van der Waals surface area contributed by atoms with Crippen molar-refractivity contribution in [3.05, 3.63) is 53.3 Å². The molecule has 0 aliphatic heterocycles. The van der Waals surface area contributed by atoms with Gasteiger partial charge < -0.3 is 9.84 Å². The molecule has 0 heterocycles. The molecule has 2 aromatic carbocycles. The van der Waals surface area contributed by atoms with Crippen LogP contribution in [0.15, 0.2) is 36.4 Å². The van der Waals surface area contributed by atoms with E-state index in [1.165, 1.54) is 31.4 Å². The Morgan fingerprint density at radius 3 is 2.52 bits per heavy atom. The Bertz CT molecular complexity index is 657. The molecule has 0 fully saturated rings. The number of halogens is 1. The van der Waals surface area contributed by atoms with Crippen molar-refractivity contribution < 1.29 is 19.0 Å². The van der Waals surface area contributed by atoms with Crippen molar-refractivity contribution in [2.45, 2.75) is 6.92 Å². The molecule has 0 unspecified atom stereocenters. The predicted octanol–water partition coefficient (Wildman–Crippen LogP) is 2.61. The molecule has 0 saturated carbocycles. The summed E-state index contributed by atoms with van der Waals surface area (Å²) in [6.07, 6.45) is 0. The third kappa shape index (κ3) is 3.42. The largest absolute Gasteiger partial charge is 0.504 e. The number of phenols is 1. The van der Waals surface area contributed by atoms with Crippen LogP contribution >= 0.6 is 0 Å². The van der Waals surface area contributed by atoms with E-state index < -0.39 is 11.7 Å². The highest BCUT2D eigenvalue weighted by Gasteiger charge is 2.09. The van der Waals surface area contributed by atoms with Gasteiger partial charge in [-0.25, -0.2) is 4.39 Å². The number of rotatable bonds is 4. The summed E-state index contributed by atoms with van der Waals surface area (Å²) in [7, 11) is 1.44. The van der Waals surface area contributed by atoms with E-state index in [1.54, 1.807) is 19.1 Å². The minimum absolute atomic E-state index is 0.0490. The number of amides is 1. The lowest BCUT2D eigenvalue weighted by molar-refractivity contribution is 0.0962. The molecule has 21 heavy (non-hydrogen) atoms. The summed E-state index contributed by atoms with van der Waals surface area (Å²) in [6.45, 7) is 1.71. The summed E-state index contributed by atoms with van der Waals surface area (Å²) >= 11 is 0. The second kappa shape index (κ2) is 6.13. The molecule has 6 heteroatoms. The fourth-order valence-corrected chi connectivity index (χ4v) is 1.78. The number of nitrogens with one attached hydrogen (secondary N) is 2. The van der Waals surface area contributed by atoms with Gasteiger partial charge in [0, 0.05) is 11.6 Å². The standard InChI is InChI=1S/C15H15FN2O3/c1-9-7-12(8-13(21-2)14(9)19)17-18-15(20)10-3-5-11(16)6-4-10/h3-8,17,19H,1-2H3,(H,18,20). The summed E-state index contributed by atoms with van der Waals surface area (Å²) in [4.78, 5) is 11.9. The van der Waals surface area contributed by atoms with Gasteiger partial charge in [0.1, 0.15) is 5.82 Å². The fraction of sp³-hybridized carbons (Fsp3) is 0.133. The van der Waals surface area contributed by atoms with E-state index >= 15 is 0 Å². The number of methoxy groups -OCH3 is 1. The topological polar surface area (TPSA) is 70.6 Å². The van der Waals surface area contributed by atoms with Crippen molar-refractivity contribution in [2.75, 3.05) is 12.5 Å². The van der Waals surface area contributed by atoms with E-state index in [0.717, 1.165) is 0 Å². The molecule has 2 aromatic rings. The molecule has 0 saturated heterocycles. The molecule has 3 N–H and O–H groups in total. The quantitative estimate of drug-likeness (QED) is 0.598. The molecule has 110 valence electrons. The molecule has 0 atom stereocenters. The van der Waals surface area contributed by atoms with Gasteiger partial charge in [-0.15, -0.1) is 0 Å². The predicted molar refractivity (Wildman–Crippen MR) is 76.9 cm³/mol. The SMILES string of the molecule is COc1cc(NNC(=O)c2ccc(F)cc2)cc(C)c1O. The number of hydrogen-bond acceptors (Lipinski definition) is 4. The second-order valence-electron chi connectivity index (χ2n) is 4.43. The van der Waals surface area contributed by atoms with Gasteiger partial charge in [-0.05, 0) is 42.8 Å². The molecule has 0 aromatic heterocycles. The minimum Gasteiger partial charge on any atom is -0.504 e. The van der Waals surface area contributed by atoms with Crippen molar-refractivity contribution in [3.63, 3.8) is 0 Å². The first-order valence-electron chi connectivity index (χ1n) is 6.21. The molecule has 0 bridgehead atoms. The van der Waals surface area contributed by atoms with E-state index in [9.17, 15) is 14.3 Å². The van der Waals surface area contributed by atoms with Crippen LogP contribution in [0.25, 0.3) is 0 Å². The number of aryl methyl sites for hydroxylation is 1. The number of anilines is 1. The van der Waals surface area contributed by atoms with Gasteiger partial charge in [0.05, 0.1) is 12.8 Å². The third-order valence-corrected chi connectivity index (χ3v) is 2.91. The van der Waals surface area contributed by atoms with Crippen molar-refractivity contribution in [1.29, 1.82) is 0 Å². The maximum absolute atomic E-state index is 12.8. The normalized spacial score (nSPS) is 10.0. The zero-order valence-electron chi connectivity index (χ0n) is 11.6.